The number of ketones is 1. The van der Waals surface area contributed by atoms with Crippen LogP contribution in [-0.2, 0) is 4.74 Å². The molecule has 5 heteroatoms. The molecule has 1 aromatic rings. The molecule has 94 valence electrons. The maximum absolute atomic E-state index is 12.1. The highest BCUT2D eigenvalue weighted by Crippen LogP contribution is 2.22. The molecule has 0 aromatic heterocycles. The predicted octanol–water partition coefficient (Wildman–Crippen LogP) is 3.15. The zero-order valence-corrected chi connectivity index (χ0v) is 9.54. The number of carbonyl (C=O) groups is 1. The third-order valence-electron chi connectivity index (χ3n) is 2.27. The van der Waals surface area contributed by atoms with Gasteiger partial charge in [0.1, 0.15) is 6.61 Å². The average molecular weight is 246 g/mol. The van der Waals surface area contributed by atoms with Crippen LogP contribution >= 0.6 is 0 Å². The molecular formula is C12H13F3O2. The van der Waals surface area contributed by atoms with Gasteiger partial charge in [0.2, 0.25) is 0 Å². The summed E-state index contributed by atoms with van der Waals surface area (Å²) in [6.45, 7) is 2.11. The minimum atomic E-state index is -4.44. The van der Waals surface area contributed by atoms with Crippen molar-refractivity contribution in [2.45, 2.75) is 26.1 Å². The van der Waals surface area contributed by atoms with Crippen molar-refractivity contribution < 1.29 is 22.7 Å². The van der Waals surface area contributed by atoms with E-state index in [-0.39, 0.29) is 0 Å². The Kier molecular flexibility index (Phi) is 4.28. The predicted molar refractivity (Wildman–Crippen MR) is 57.0 cm³/mol. The van der Waals surface area contributed by atoms with Gasteiger partial charge in [-0.2, -0.15) is 13.2 Å². The molecule has 0 aliphatic rings. The maximum Gasteiger partial charge on any atom is 0.414 e. The monoisotopic (exact) mass is 246 g/mol. The van der Waals surface area contributed by atoms with Gasteiger partial charge in [0.05, 0.1) is 0 Å². The fourth-order valence-corrected chi connectivity index (χ4v) is 1.20. The molecule has 0 aliphatic heterocycles. The van der Waals surface area contributed by atoms with Crippen molar-refractivity contribution in [1.29, 1.82) is 0 Å². The summed E-state index contributed by atoms with van der Waals surface area (Å²) >= 11 is 0. The van der Waals surface area contributed by atoms with E-state index in [9.17, 15) is 18.0 Å². The van der Waals surface area contributed by atoms with Crippen molar-refractivity contribution in [3.63, 3.8) is 0 Å². The van der Waals surface area contributed by atoms with Gasteiger partial charge >= 0.3 is 6.18 Å². The number of halogens is 3. The summed E-state index contributed by atoms with van der Waals surface area (Å²) in [5.74, 6) is -0.454. The second-order valence-electron chi connectivity index (χ2n) is 3.79. The number of carbonyl (C=O) groups excluding carboxylic acids is 1. The standard InChI is InChI=1S/C12H13F3O2/c1-8-4-3-5-10(6-8)11(16)7-17-9(2)12(13,14)15/h3-6,9H,7H2,1-2H3. The van der Waals surface area contributed by atoms with Crippen LogP contribution in [0.5, 0.6) is 0 Å². The molecule has 1 unspecified atom stereocenters. The Morgan fingerprint density at radius 2 is 2.06 bits per heavy atom. The number of alkyl halides is 3. The van der Waals surface area contributed by atoms with E-state index in [1.54, 1.807) is 31.2 Å². The first-order chi connectivity index (χ1) is 7.80. The summed E-state index contributed by atoms with van der Waals surface area (Å²) in [7, 11) is 0. The van der Waals surface area contributed by atoms with Crippen LogP contribution in [0.15, 0.2) is 24.3 Å². The minimum Gasteiger partial charge on any atom is -0.361 e. The van der Waals surface area contributed by atoms with Crippen molar-refractivity contribution in [1.82, 2.24) is 0 Å². The third-order valence-corrected chi connectivity index (χ3v) is 2.27. The van der Waals surface area contributed by atoms with Gasteiger partial charge in [-0.15, -0.1) is 0 Å². The van der Waals surface area contributed by atoms with E-state index in [1.807, 2.05) is 0 Å². The minimum absolute atomic E-state index is 0.361. The van der Waals surface area contributed by atoms with Crippen molar-refractivity contribution in [3.05, 3.63) is 35.4 Å². The Bertz CT molecular complexity index is 399. The average Bonchev–Trinajstić information content (AvgIpc) is 2.24. The summed E-state index contributed by atoms with van der Waals surface area (Å²) in [6.07, 6.45) is -6.37. The number of hydrogen-bond acceptors (Lipinski definition) is 2. The molecule has 0 amide bonds. The lowest BCUT2D eigenvalue weighted by Gasteiger charge is -2.15. The fourth-order valence-electron chi connectivity index (χ4n) is 1.20. The van der Waals surface area contributed by atoms with Crippen LogP contribution in [0.2, 0.25) is 0 Å². The van der Waals surface area contributed by atoms with Crippen LogP contribution in [0.4, 0.5) is 13.2 Å². The number of Topliss-reactive ketones (excluding diaryl/α,β-unsaturated/α-hetero) is 1. The number of ether oxygens (including phenoxy) is 1. The molecule has 17 heavy (non-hydrogen) atoms. The highest BCUT2D eigenvalue weighted by Gasteiger charge is 2.37. The zero-order valence-electron chi connectivity index (χ0n) is 9.54. The third kappa shape index (κ3) is 4.19. The van der Waals surface area contributed by atoms with E-state index in [0.717, 1.165) is 12.5 Å². The van der Waals surface area contributed by atoms with Crippen molar-refractivity contribution in [3.8, 4) is 0 Å². The number of rotatable bonds is 4. The first kappa shape index (κ1) is 13.7. The van der Waals surface area contributed by atoms with Crippen LogP contribution in [-0.4, -0.2) is 24.7 Å². The molecule has 0 saturated heterocycles. The second kappa shape index (κ2) is 5.31. The zero-order chi connectivity index (χ0) is 13.1. The molecule has 0 saturated carbocycles. The summed E-state index contributed by atoms with van der Waals surface area (Å²) < 4.78 is 40.9. The topological polar surface area (TPSA) is 26.3 Å². The SMILES string of the molecule is Cc1cccc(C(=O)COC(C)C(F)(F)F)c1. The van der Waals surface area contributed by atoms with Crippen molar-refractivity contribution >= 4 is 5.78 Å². The van der Waals surface area contributed by atoms with E-state index < -0.39 is 24.7 Å². The first-order valence-electron chi connectivity index (χ1n) is 5.09. The number of hydrogen-bond donors (Lipinski definition) is 0. The summed E-state index contributed by atoms with van der Waals surface area (Å²) in [5, 5.41) is 0. The lowest BCUT2D eigenvalue weighted by Crippen LogP contribution is -2.30. The Morgan fingerprint density at radius 1 is 1.41 bits per heavy atom. The largest absolute Gasteiger partial charge is 0.414 e. The summed E-state index contributed by atoms with van der Waals surface area (Å²) in [5.41, 5.74) is 1.24. The molecular weight excluding hydrogens is 233 g/mol. The molecule has 1 atom stereocenters. The highest BCUT2D eigenvalue weighted by atomic mass is 19.4. The van der Waals surface area contributed by atoms with Gasteiger partial charge in [-0.25, -0.2) is 0 Å². The summed E-state index contributed by atoms with van der Waals surface area (Å²) in [6, 6.07) is 6.65. The lowest BCUT2D eigenvalue weighted by atomic mass is 10.1. The van der Waals surface area contributed by atoms with E-state index in [4.69, 9.17) is 0 Å². The number of aryl methyl sites for hydroxylation is 1. The highest BCUT2D eigenvalue weighted by molar-refractivity contribution is 5.97. The molecule has 0 heterocycles. The van der Waals surface area contributed by atoms with Crippen molar-refractivity contribution in [2.24, 2.45) is 0 Å². The fraction of sp³-hybridized carbons (Fsp3) is 0.417. The molecule has 0 aliphatic carbocycles. The first-order valence-corrected chi connectivity index (χ1v) is 5.09. The quantitative estimate of drug-likeness (QED) is 0.763. The van der Waals surface area contributed by atoms with Gasteiger partial charge < -0.3 is 4.74 Å². The van der Waals surface area contributed by atoms with Crippen LogP contribution in [0.25, 0.3) is 0 Å². The van der Waals surface area contributed by atoms with Crippen LogP contribution < -0.4 is 0 Å². The smallest absolute Gasteiger partial charge is 0.361 e. The Labute approximate surface area is 97.4 Å². The molecule has 2 nitrogen and oxygen atoms in total. The molecule has 0 spiro atoms. The molecule has 0 bridgehead atoms. The molecule has 1 rings (SSSR count). The number of benzene rings is 1. The molecule has 0 N–H and O–H groups in total. The Hall–Kier alpha value is -1.36. The van der Waals surface area contributed by atoms with E-state index >= 15 is 0 Å². The van der Waals surface area contributed by atoms with Gasteiger partial charge in [-0.1, -0.05) is 23.8 Å². The van der Waals surface area contributed by atoms with E-state index in [0.29, 0.717) is 5.56 Å². The van der Waals surface area contributed by atoms with Gasteiger partial charge in [-0.3, -0.25) is 4.79 Å². The van der Waals surface area contributed by atoms with Gasteiger partial charge in [-0.05, 0) is 19.9 Å². The van der Waals surface area contributed by atoms with E-state index in [1.165, 1.54) is 0 Å². The van der Waals surface area contributed by atoms with Gasteiger partial charge in [0, 0.05) is 5.56 Å². The maximum atomic E-state index is 12.1. The Morgan fingerprint density at radius 3 is 2.59 bits per heavy atom. The van der Waals surface area contributed by atoms with Gasteiger partial charge in [0.25, 0.3) is 0 Å². The normalized spacial score (nSPS) is 13.5. The lowest BCUT2D eigenvalue weighted by molar-refractivity contribution is -0.210. The van der Waals surface area contributed by atoms with E-state index in [2.05, 4.69) is 4.74 Å². The van der Waals surface area contributed by atoms with Crippen LogP contribution in [0.3, 0.4) is 0 Å². The molecule has 0 fully saturated rings. The van der Waals surface area contributed by atoms with Gasteiger partial charge in [0.15, 0.2) is 11.9 Å². The van der Waals surface area contributed by atoms with Crippen LogP contribution in [0.1, 0.15) is 22.8 Å². The summed E-state index contributed by atoms with van der Waals surface area (Å²) in [4.78, 5) is 11.5. The van der Waals surface area contributed by atoms with Crippen LogP contribution in [0, 0.1) is 6.92 Å². The molecule has 0 radical (unpaired) electrons. The van der Waals surface area contributed by atoms with Crippen molar-refractivity contribution in [2.75, 3.05) is 6.61 Å². The Balaban J connectivity index is 2.57. The molecule has 1 aromatic carbocycles. The second-order valence-corrected chi connectivity index (χ2v) is 3.79.